The predicted octanol–water partition coefficient (Wildman–Crippen LogP) is 2.70. The molecule has 2 rings (SSSR count). The Hall–Kier alpha value is -1.36. The topological polar surface area (TPSA) is 57.6 Å². The molecule has 5 heteroatoms. The number of carbonyl (C=O) groups excluding carboxylic acids is 1. The van der Waals surface area contributed by atoms with Crippen molar-refractivity contribution in [1.82, 2.24) is 4.90 Å². The molecule has 2 heterocycles. The van der Waals surface area contributed by atoms with Gasteiger partial charge in [0.1, 0.15) is 0 Å². The Morgan fingerprint density at radius 3 is 2.90 bits per heavy atom. The summed E-state index contributed by atoms with van der Waals surface area (Å²) in [6.07, 6.45) is 3.38. The van der Waals surface area contributed by atoms with E-state index in [1.165, 1.54) is 4.88 Å². The van der Waals surface area contributed by atoms with Crippen molar-refractivity contribution in [2.24, 2.45) is 5.92 Å². The molecule has 1 aliphatic heterocycles. The minimum Gasteiger partial charge on any atom is -0.481 e. The predicted molar refractivity (Wildman–Crippen MR) is 78.9 cm³/mol. The SMILES string of the molecule is Cc1ccc(CC(=O)N2CCCC(CCC(=O)O)C2)s1. The third kappa shape index (κ3) is 4.34. The lowest BCUT2D eigenvalue weighted by Gasteiger charge is -2.32. The molecule has 0 saturated carbocycles. The molecule has 0 bridgehead atoms. The Morgan fingerprint density at radius 1 is 1.45 bits per heavy atom. The molecule has 1 atom stereocenters. The number of aliphatic carboxylic acids is 1. The molecule has 0 aromatic carbocycles. The van der Waals surface area contributed by atoms with Crippen molar-refractivity contribution in [3.05, 3.63) is 21.9 Å². The fraction of sp³-hybridized carbons (Fsp3) is 0.600. The molecular formula is C15H21NO3S. The van der Waals surface area contributed by atoms with Crippen LogP contribution >= 0.6 is 11.3 Å². The van der Waals surface area contributed by atoms with Gasteiger partial charge in [-0.3, -0.25) is 9.59 Å². The van der Waals surface area contributed by atoms with Crippen LogP contribution < -0.4 is 0 Å². The Bertz CT molecular complexity index is 483. The number of carboxylic acid groups (broad SMARTS) is 1. The lowest BCUT2D eigenvalue weighted by molar-refractivity contribution is -0.137. The molecule has 1 amide bonds. The van der Waals surface area contributed by atoms with Gasteiger partial charge in [0.05, 0.1) is 6.42 Å². The number of hydrogen-bond donors (Lipinski definition) is 1. The largest absolute Gasteiger partial charge is 0.481 e. The lowest BCUT2D eigenvalue weighted by atomic mass is 9.93. The first-order valence-electron chi connectivity index (χ1n) is 7.09. The molecule has 1 aliphatic rings. The summed E-state index contributed by atoms with van der Waals surface area (Å²) < 4.78 is 0. The van der Waals surface area contributed by atoms with Gasteiger partial charge >= 0.3 is 5.97 Å². The molecule has 20 heavy (non-hydrogen) atoms. The summed E-state index contributed by atoms with van der Waals surface area (Å²) in [5, 5.41) is 8.74. The zero-order chi connectivity index (χ0) is 14.5. The second-order valence-corrected chi connectivity index (χ2v) is 6.84. The maximum absolute atomic E-state index is 12.3. The van der Waals surface area contributed by atoms with Gasteiger partial charge in [-0.05, 0) is 44.2 Å². The van der Waals surface area contributed by atoms with Crippen molar-refractivity contribution < 1.29 is 14.7 Å². The van der Waals surface area contributed by atoms with Crippen LogP contribution in [0.2, 0.25) is 0 Å². The van der Waals surface area contributed by atoms with Gasteiger partial charge in [-0.15, -0.1) is 11.3 Å². The van der Waals surface area contributed by atoms with Gasteiger partial charge in [0.2, 0.25) is 5.91 Å². The highest BCUT2D eigenvalue weighted by molar-refractivity contribution is 7.12. The summed E-state index contributed by atoms with van der Waals surface area (Å²) in [4.78, 5) is 27.1. The number of carboxylic acids is 1. The van der Waals surface area contributed by atoms with E-state index in [9.17, 15) is 9.59 Å². The molecule has 1 aromatic heterocycles. The molecule has 1 aromatic rings. The first kappa shape index (κ1) is 15.0. The number of nitrogens with zero attached hydrogens (tertiary/aromatic N) is 1. The van der Waals surface area contributed by atoms with Crippen molar-refractivity contribution >= 4 is 23.2 Å². The smallest absolute Gasteiger partial charge is 0.303 e. The van der Waals surface area contributed by atoms with Crippen molar-refractivity contribution in [3.8, 4) is 0 Å². The number of aryl methyl sites for hydroxylation is 1. The Balaban J connectivity index is 1.84. The van der Waals surface area contributed by atoms with Crippen molar-refractivity contribution in [2.45, 2.75) is 39.0 Å². The molecule has 1 fully saturated rings. The first-order valence-corrected chi connectivity index (χ1v) is 7.91. The van der Waals surface area contributed by atoms with Gasteiger partial charge in [0.15, 0.2) is 0 Å². The van der Waals surface area contributed by atoms with E-state index in [2.05, 4.69) is 0 Å². The number of thiophene rings is 1. The van der Waals surface area contributed by atoms with E-state index < -0.39 is 5.97 Å². The van der Waals surface area contributed by atoms with E-state index in [1.807, 2.05) is 24.0 Å². The minimum atomic E-state index is -0.748. The molecule has 4 nitrogen and oxygen atoms in total. The van der Waals surface area contributed by atoms with Crippen LogP contribution in [0.4, 0.5) is 0 Å². The standard InChI is InChI=1S/C15H21NO3S/c1-11-4-6-13(20-11)9-14(17)16-8-2-3-12(10-16)5-7-15(18)19/h4,6,12H,2-3,5,7-10H2,1H3,(H,18,19). The minimum absolute atomic E-state index is 0.173. The quantitative estimate of drug-likeness (QED) is 0.908. The molecule has 0 aliphatic carbocycles. The summed E-state index contributed by atoms with van der Waals surface area (Å²) in [5.74, 6) is -0.233. The first-order chi connectivity index (χ1) is 9.54. The van der Waals surface area contributed by atoms with E-state index in [4.69, 9.17) is 5.11 Å². The molecule has 0 spiro atoms. The summed E-state index contributed by atoms with van der Waals surface area (Å²) in [5.41, 5.74) is 0. The number of likely N-dealkylation sites (tertiary alicyclic amines) is 1. The number of piperidine rings is 1. The fourth-order valence-corrected chi connectivity index (χ4v) is 3.58. The van der Waals surface area contributed by atoms with Crippen LogP contribution in [0, 0.1) is 12.8 Å². The third-order valence-electron chi connectivity index (χ3n) is 3.76. The highest BCUT2D eigenvalue weighted by Crippen LogP contribution is 2.23. The van der Waals surface area contributed by atoms with E-state index in [1.54, 1.807) is 11.3 Å². The Labute approximate surface area is 123 Å². The molecule has 110 valence electrons. The molecule has 1 unspecified atom stereocenters. The fourth-order valence-electron chi connectivity index (χ4n) is 2.70. The zero-order valence-electron chi connectivity index (χ0n) is 11.8. The summed E-state index contributed by atoms with van der Waals surface area (Å²) in [6.45, 7) is 3.57. The van der Waals surface area contributed by atoms with E-state index in [0.717, 1.165) is 30.8 Å². The summed E-state index contributed by atoms with van der Waals surface area (Å²) >= 11 is 1.67. The average molecular weight is 295 g/mol. The van der Waals surface area contributed by atoms with Crippen LogP contribution in [-0.4, -0.2) is 35.0 Å². The number of amides is 1. The molecule has 1 saturated heterocycles. The van der Waals surface area contributed by atoms with Crippen LogP contribution in [0.3, 0.4) is 0 Å². The summed E-state index contributed by atoms with van der Waals surface area (Å²) in [6, 6.07) is 4.06. The molecule has 1 N–H and O–H groups in total. The van der Waals surface area contributed by atoms with E-state index in [0.29, 0.717) is 18.8 Å². The van der Waals surface area contributed by atoms with Gasteiger partial charge < -0.3 is 10.0 Å². The number of rotatable bonds is 5. The summed E-state index contributed by atoms with van der Waals surface area (Å²) in [7, 11) is 0. The number of carbonyl (C=O) groups is 2. The van der Waals surface area contributed by atoms with Gasteiger partial charge in [0.25, 0.3) is 0 Å². The Morgan fingerprint density at radius 2 is 2.25 bits per heavy atom. The maximum atomic E-state index is 12.3. The van der Waals surface area contributed by atoms with Gasteiger partial charge in [0, 0.05) is 29.3 Å². The monoisotopic (exact) mass is 295 g/mol. The Kier molecular flexibility index (Phi) is 5.17. The van der Waals surface area contributed by atoms with Crippen LogP contribution in [0.25, 0.3) is 0 Å². The van der Waals surface area contributed by atoms with Crippen molar-refractivity contribution in [3.63, 3.8) is 0 Å². The maximum Gasteiger partial charge on any atom is 0.303 e. The van der Waals surface area contributed by atoms with Crippen LogP contribution in [-0.2, 0) is 16.0 Å². The molecule has 0 radical (unpaired) electrons. The second-order valence-electron chi connectivity index (χ2n) is 5.47. The van der Waals surface area contributed by atoms with Crippen molar-refractivity contribution in [1.29, 1.82) is 0 Å². The third-order valence-corrected chi connectivity index (χ3v) is 4.76. The highest BCUT2D eigenvalue weighted by atomic mass is 32.1. The van der Waals surface area contributed by atoms with E-state index >= 15 is 0 Å². The molecular weight excluding hydrogens is 274 g/mol. The van der Waals surface area contributed by atoms with Gasteiger partial charge in [-0.2, -0.15) is 0 Å². The van der Waals surface area contributed by atoms with Crippen LogP contribution in [0.15, 0.2) is 12.1 Å². The van der Waals surface area contributed by atoms with E-state index in [-0.39, 0.29) is 12.3 Å². The second kappa shape index (κ2) is 6.88. The lowest BCUT2D eigenvalue weighted by Crippen LogP contribution is -2.40. The van der Waals surface area contributed by atoms with Crippen LogP contribution in [0.1, 0.15) is 35.4 Å². The highest BCUT2D eigenvalue weighted by Gasteiger charge is 2.24. The van der Waals surface area contributed by atoms with Gasteiger partial charge in [-0.25, -0.2) is 0 Å². The van der Waals surface area contributed by atoms with Crippen LogP contribution in [0.5, 0.6) is 0 Å². The number of hydrogen-bond acceptors (Lipinski definition) is 3. The van der Waals surface area contributed by atoms with Gasteiger partial charge in [-0.1, -0.05) is 0 Å². The average Bonchev–Trinajstić information content (AvgIpc) is 2.82. The van der Waals surface area contributed by atoms with Crippen molar-refractivity contribution in [2.75, 3.05) is 13.1 Å². The normalized spacial score (nSPS) is 19.1. The zero-order valence-corrected chi connectivity index (χ0v) is 12.6.